The highest BCUT2D eigenvalue weighted by atomic mass is 32.1. The first-order chi connectivity index (χ1) is 13.5. The van der Waals surface area contributed by atoms with Gasteiger partial charge in [0.1, 0.15) is 17.6 Å². The quantitative estimate of drug-likeness (QED) is 0.552. The van der Waals surface area contributed by atoms with E-state index in [1.54, 1.807) is 11.3 Å². The third kappa shape index (κ3) is 3.11. The molecule has 0 unspecified atom stereocenters. The Morgan fingerprint density at radius 2 is 2.04 bits per heavy atom. The van der Waals surface area contributed by atoms with Gasteiger partial charge in [0.25, 0.3) is 5.56 Å². The van der Waals surface area contributed by atoms with Gasteiger partial charge < -0.3 is 9.73 Å². The van der Waals surface area contributed by atoms with Crippen LogP contribution in [0, 0.1) is 13.8 Å². The smallest absolute Gasteiger partial charge is 0.276 e. The molecule has 4 rings (SSSR count). The van der Waals surface area contributed by atoms with E-state index in [-0.39, 0.29) is 18.0 Å². The standard InChI is InChI=1S/C21H21N3O3S/c1-4-16(20(25)22-11-14-10-9-12(2)27-14)24-21(26)18-15-7-5-6-8-17(15)28-19(18)13(3)23-24/h5-10,16H,4,11H2,1-3H3,(H,22,25)/t16-/m1/s1. The van der Waals surface area contributed by atoms with E-state index in [4.69, 9.17) is 4.42 Å². The maximum Gasteiger partial charge on any atom is 0.276 e. The summed E-state index contributed by atoms with van der Waals surface area (Å²) in [5, 5.41) is 8.89. The molecule has 0 radical (unpaired) electrons. The normalized spacial score (nSPS) is 12.5. The molecule has 144 valence electrons. The van der Waals surface area contributed by atoms with Crippen molar-refractivity contribution in [3.8, 4) is 0 Å². The van der Waals surface area contributed by atoms with E-state index in [1.165, 1.54) is 4.68 Å². The van der Waals surface area contributed by atoms with Crippen molar-refractivity contribution in [3.05, 3.63) is 64.0 Å². The van der Waals surface area contributed by atoms with E-state index in [2.05, 4.69) is 10.4 Å². The van der Waals surface area contributed by atoms with Crippen molar-refractivity contribution in [1.29, 1.82) is 0 Å². The summed E-state index contributed by atoms with van der Waals surface area (Å²) in [6, 6.07) is 10.8. The lowest BCUT2D eigenvalue weighted by Gasteiger charge is -2.17. The Bertz CT molecular complexity index is 1230. The summed E-state index contributed by atoms with van der Waals surface area (Å²) >= 11 is 1.56. The Morgan fingerprint density at radius 1 is 1.25 bits per heavy atom. The number of nitrogens with one attached hydrogen (secondary N) is 1. The SMILES string of the molecule is CC[C@H](C(=O)NCc1ccc(C)o1)n1nc(C)c2sc3ccccc3c2c1=O. The van der Waals surface area contributed by atoms with Gasteiger partial charge in [-0.05, 0) is 38.5 Å². The molecule has 0 bridgehead atoms. The molecule has 28 heavy (non-hydrogen) atoms. The summed E-state index contributed by atoms with van der Waals surface area (Å²) < 4.78 is 8.75. The van der Waals surface area contributed by atoms with Gasteiger partial charge in [0.2, 0.25) is 5.91 Å². The van der Waals surface area contributed by atoms with E-state index in [9.17, 15) is 9.59 Å². The van der Waals surface area contributed by atoms with Crippen molar-refractivity contribution in [3.63, 3.8) is 0 Å². The first-order valence-electron chi connectivity index (χ1n) is 9.23. The number of carbonyl (C=O) groups is 1. The molecule has 7 heteroatoms. The summed E-state index contributed by atoms with van der Waals surface area (Å²) in [5.74, 6) is 1.22. The molecule has 3 heterocycles. The monoisotopic (exact) mass is 395 g/mol. The van der Waals surface area contributed by atoms with Crippen LogP contribution >= 0.6 is 11.3 Å². The lowest BCUT2D eigenvalue weighted by molar-refractivity contribution is -0.125. The van der Waals surface area contributed by atoms with Crippen molar-refractivity contribution < 1.29 is 9.21 Å². The summed E-state index contributed by atoms with van der Waals surface area (Å²) in [6.45, 7) is 5.89. The lowest BCUT2D eigenvalue weighted by Crippen LogP contribution is -2.38. The minimum absolute atomic E-state index is 0.228. The molecular formula is C21H21N3O3S. The average Bonchev–Trinajstić information content (AvgIpc) is 3.28. The van der Waals surface area contributed by atoms with Crippen LogP contribution in [-0.4, -0.2) is 15.7 Å². The van der Waals surface area contributed by atoms with Gasteiger partial charge in [-0.15, -0.1) is 11.3 Å². The third-order valence-electron chi connectivity index (χ3n) is 4.82. The van der Waals surface area contributed by atoms with E-state index >= 15 is 0 Å². The minimum Gasteiger partial charge on any atom is -0.465 e. The molecule has 1 aromatic carbocycles. The Balaban J connectivity index is 1.73. The molecule has 1 amide bonds. The maximum absolute atomic E-state index is 13.2. The molecule has 0 fully saturated rings. The Labute approximate surface area is 165 Å². The zero-order valence-corrected chi connectivity index (χ0v) is 16.8. The molecule has 4 aromatic rings. The van der Waals surface area contributed by atoms with Crippen molar-refractivity contribution in [2.75, 3.05) is 0 Å². The van der Waals surface area contributed by atoms with Crippen LogP contribution in [0.1, 0.15) is 36.6 Å². The van der Waals surface area contributed by atoms with Crippen molar-refractivity contribution >= 4 is 37.4 Å². The number of rotatable bonds is 5. The number of amides is 1. The van der Waals surface area contributed by atoms with Gasteiger partial charge in [-0.2, -0.15) is 5.10 Å². The van der Waals surface area contributed by atoms with E-state index < -0.39 is 6.04 Å². The number of fused-ring (bicyclic) bond motifs is 3. The third-order valence-corrected chi connectivity index (χ3v) is 6.10. The van der Waals surface area contributed by atoms with Crippen molar-refractivity contribution in [1.82, 2.24) is 15.1 Å². The van der Waals surface area contributed by atoms with Gasteiger partial charge in [0.15, 0.2) is 0 Å². The number of carbonyl (C=O) groups excluding carboxylic acids is 1. The highest BCUT2D eigenvalue weighted by Gasteiger charge is 2.24. The number of thiophene rings is 1. The predicted molar refractivity (Wildman–Crippen MR) is 111 cm³/mol. The van der Waals surface area contributed by atoms with Gasteiger partial charge in [-0.25, -0.2) is 4.68 Å². The van der Waals surface area contributed by atoms with Crippen LogP contribution in [-0.2, 0) is 11.3 Å². The van der Waals surface area contributed by atoms with E-state index in [0.717, 1.165) is 26.2 Å². The average molecular weight is 395 g/mol. The van der Waals surface area contributed by atoms with Gasteiger partial charge >= 0.3 is 0 Å². The summed E-state index contributed by atoms with van der Waals surface area (Å²) in [6.07, 6.45) is 0.461. The second-order valence-electron chi connectivity index (χ2n) is 6.79. The summed E-state index contributed by atoms with van der Waals surface area (Å²) in [4.78, 5) is 26.1. The van der Waals surface area contributed by atoms with Crippen LogP contribution in [0.5, 0.6) is 0 Å². The Kier molecular flexibility index (Phi) is 4.77. The number of benzene rings is 1. The summed E-state index contributed by atoms with van der Waals surface area (Å²) in [7, 11) is 0. The molecule has 0 aliphatic carbocycles. The number of aryl methyl sites for hydroxylation is 2. The number of hydrogen-bond acceptors (Lipinski definition) is 5. The molecular weight excluding hydrogens is 374 g/mol. The van der Waals surface area contributed by atoms with Crippen LogP contribution in [0.2, 0.25) is 0 Å². The second-order valence-corrected chi connectivity index (χ2v) is 7.84. The van der Waals surface area contributed by atoms with Crippen molar-refractivity contribution in [2.24, 2.45) is 0 Å². The fourth-order valence-corrected chi connectivity index (χ4v) is 4.57. The maximum atomic E-state index is 13.2. The van der Waals surface area contributed by atoms with E-state index in [0.29, 0.717) is 17.6 Å². The highest BCUT2D eigenvalue weighted by Crippen LogP contribution is 2.33. The Hall–Kier alpha value is -2.93. The molecule has 1 atom stereocenters. The molecule has 6 nitrogen and oxygen atoms in total. The van der Waals surface area contributed by atoms with Crippen LogP contribution < -0.4 is 10.9 Å². The fourth-order valence-electron chi connectivity index (χ4n) is 3.43. The zero-order valence-electron chi connectivity index (χ0n) is 16.0. The largest absolute Gasteiger partial charge is 0.465 e. The second kappa shape index (κ2) is 7.24. The van der Waals surface area contributed by atoms with Crippen LogP contribution in [0.4, 0.5) is 0 Å². The molecule has 0 aliphatic rings. The first kappa shape index (κ1) is 18.4. The molecule has 0 aliphatic heterocycles. The topological polar surface area (TPSA) is 77.1 Å². The van der Waals surface area contributed by atoms with E-state index in [1.807, 2.05) is 57.2 Å². The van der Waals surface area contributed by atoms with Crippen LogP contribution in [0.15, 0.2) is 45.6 Å². The number of furan rings is 1. The van der Waals surface area contributed by atoms with Gasteiger partial charge in [-0.1, -0.05) is 25.1 Å². The molecule has 0 saturated heterocycles. The number of aromatic nitrogens is 2. The minimum atomic E-state index is -0.676. The zero-order chi connectivity index (χ0) is 19.8. The fraction of sp³-hybridized carbons (Fsp3) is 0.286. The number of hydrogen-bond donors (Lipinski definition) is 1. The Morgan fingerprint density at radius 3 is 2.75 bits per heavy atom. The molecule has 0 spiro atoms. The molecule has 0 saturated carbocycles. The van der Waals surface area contributed by atoms with Gasteiger partial charge in [0, 0.05) is 10.1 Å². The van der Waals surface area contributed by atoms with Gasteiger partial charge in [0.05, 0.1) is 22.3 Å². The molecule has 3 aromatic heterocycles. The first-order valence-corrected chi connectivity index (χ1v) is 10.0. The van der Waals surface area contributed by atoms with Crippen LogP contribution in [0.3, 0.4) is 0 Å². The van der Waals surface area contributed by atoms with Crippen molar-refractivity contribution in [2.45, 2.75) is 39.8 Å². The highest BCUT2D eigenvalue weighted by molar-refractivity contribution is 7.26. The van der Waals surface area contributed by atoms with Gasteiger partial charge in [-0.3, -0.25) is 9.59 Å². The molecule has 1 N–H and O–H groups in total. The number of nitrogens with zero attached hydrogens (tertiary/aromatic N) is 2. The summed E-state index contributed by atoms with van der Waals surface area (Å²) in [5.41, 5.74) is 0.526. The predicted octanol–water partition coefficient (Wildman–Crippen LogP) is 4.09. The van der Waals surface area contributed by atoms with Crippen LogP contribution in [0.25, 0.3) is 20.2 Å². The lowest BCUT2D eigenvalue weighted by atomic mass is 10.1.